The van der Waals surface area contributed by atoms with Gasteiger partial charge in [0.25, 0.3) is 5.56 Å². The summed E-state index contributed by atoms with van der Waals surface area (Å²) in [5, 5.41) is 1.30. The van der Waals surface area contributed by atoms with Crippen LogP contribution in [0.2, 0.25) is 0 Å². The van der Waals surface area contributed by atoms with Crippen LogP contribution in [0.4, 0.5) is 0 Å². The molecule has 142 valence electrons. The van der Waals surface area contributed by atoms with Gasteiger partial charge in [0.05, 0.1) is 11.1 Å². The molecule has 0 fully saturated rings. The number of nitrogens with two attached hydrogens (primary N) is 1. The zero-order valence-electron chi connectivity index (χ0n) is 16.0. The third-order valence-corrected chi connectivity index (χ3v) is 6.66. The lowest BCUT2D eigenvalue weighted by atomic mass is 10.1. The maximum absolute atomic E-state index is 13.5. The summed E-state index contributed by atoms with van der Waals surface area (Å²) in [6, 6.07) is 5.96. The standard InChI is InChI=1S/C20H23N3O2S2/c1-5-15-13(4)27-18-17(15)19(25)23(14-7-6-11(2)12(3)10-14)20(22-18)26-9-8-16(21)24/h6-7,10H,5,8-9H2,1-4H3,(H2,21,24). The Labute approximate surface area is 166 Å². The lowest BCUT2D eigenvalue weighted by molar-refractivity contribution is -0.117. The number of primary amides is 1. The Morgan fingerprint density at radius 2 is 2.00 bits per heavy atom. The Morgan fingerprint density at radius 1 is 1.26 bits per heavy atom. The second-order valence-corrected chi connectivity index (χ2v) is 8.80. The molecule has 0 saturated heterocycles. The van der Waals surface area contributed by atoms with Crippen molar-refractivity contribution in [3.63, 3.8) is 0 Å². The normalized spacial score (nSPS) is 11.3. The first-order valence-electron chi connectivity index (χ1n) is 8.87. The number of nitrogens with zero attached hydrogens (tertiary/aromatic N) is 2. The molecule has 3 aromatic rings. The highest BCUT2D eigenvalue weighted by Gasteiger charge is 2.19. The van der Waals surface area contributed by atoms with Gasteiger partial charge in [0, 0.05) is 17.1 Å². The highest BCUT2D eigenvalue weighted by Crippen LogP contribution is 2.31. The van der Waals surface area contributed by atoms with Crippen LogP contribution < -0.4 is 11.3 Å². The SMILES string of the molecule is CCc1c(C)sc2nc(SCCC(N)=O)n(-c3ccc(C)c(C)c3)c(=O)c12. The Kier molecular flexibility index (Phi) is 5.72. The summed E-state index contributed by atoms with van der Waals surface area (Å²) in [7, 11) is 0. The minimum Gasteiger partial charge on any atom is -0.370 e. The highest BCUT2D eigenvalue weighted by molar-refractivity contribution is 7.99. The van der Waals surface area contributed by atoms with Crippen molar-refractivity contribution in [2.45, 2.75) is 45.7 Å². The van der Waals surface area contributed by atoms with Gasteiger partial charge in [-0.3, -0.25) is 14.2 Å². The molecule has 5 nitrogen and oxygen atoms in total. The number of hydrogen-bond acceptors (Lipinski definition) is 5. The molecule has 0 bridgehead atoms. The highest BCUT2D eigenvalue weighted by atomic mass is 32.2. The van der Waals surface area contributed by atoms with E-state index < -0.39 is 0 Å². The number of fused-ring (bicyclic) bond motifs is 1. The predicted molar refractivity (Wildman–Crippen MR) is 113 cm³/mol. The number of thioether (sulfide) groups is 1. The van der Waals surface area contributed by atoms with Crippen molar-refractivity contribution in [2.75, 3.05) is 5.75 Å². The van der Waals surface area contributed by atoms with Crippen molar-refractivity contribution in [2.24, 2.45) is 5.73 Å². The third-order valence-electron chi connectivity index (χ3n) is 4.68. The quantitative estimate of drug-likeness (QED) is 0.502. The van der Waals surface area contributed by atoms with E-state index in [0.717, 1.165) is 32.9 Å². The Balaban J connectivity index is 2.25. The third kappa shape index (κ3) is 3.80. The van der Waals surface area contributed by atoms with Crippen LogP contribution >= 0.6 is 23.1 Å². The molecule has 0 saturated carbocycles. The molecule has 0 aliphatic carbocycles. The molecular formula is C20H23N3O2S2. The largest absolute Gasteiger partial charge is 0.370 e. The Bertz CT molecular complexity index is 1080. The smallest absolute Gasteiger partial charge is 0.267 e. The van der Waals surface area contributed by atoms with E-state index in [-0.39, 0.29) is 17.9 Å². The fourth-order valence-electron chi connectivity index (χ4n) is 3.06. The summed E-state index contributed by atoms with van der Waals surface area (Å²) in [5.41, 5.74) is 9.37. The molecule has 0 radical (unpaired) electrons. The maximum Gasteiger partial charge on any atom is 0.267 e. The average Bonchev–Trinajstić information content (AvgIpc) is 2.93. The molecule has 0 atom stereocenters. The molecule has 1 aromatic carbocycles. The van der Waals surface area contributed by atoms with Crippen LogP contribution in [0, 0.1) is 20.8 Å². The number of carbonyl (C=O) groups is 1. The van der Waals surface area contributed by atoms with Gasteiger partial charge in [0.2, 0.25) is 5.91 Å². The first kappa shape index (κ1) is 19.6. The van der Waals surface area contributed by atoms with Crippen molar-refractivity contribution in [1.82, 2.24) is 9.55 Å². The van der Waals surface area contributed by atoms with Gasteiger partial charge < -0.3 is 5.73 Å². The predicted octanol–water partition coefficient (Wildman–Crippen LogP) is 3.90. The van der Waals surface area contributed by atoms with Crippen LogP contribution in [0.15, 0.2) is 28.2 Å². The first-order chi connectivity index (χ1) is 12.8. The Hall–Kier alpha value is -2.12. The summed E-state index contributed by atoms with van der Waals surface area (Å²) in [5.74, 6) is 0.132. The van der Waals surface area contributed by atoms with Crippen LogP contribution in [0.5, 0.6) is 0 Å². The molecule has 3 rings (SSSR count). The summed E-state index contributed by atoms with van der Waals surface area (Å²) in [6.07, 6.45) is 1.04. The van der Waals surface area contributed by atoms with Crippen LogP contribution in [0.25, 0.3) is 15.9 Å². The zero-order chi connectivity index (χ0) is 19.7. The van der Waals surface area contributed by atoms with Gasteiger partial charge >= 0.3 is 0 Å². The molecule has 7 heteroatoms. The molecule has 2 aromatic heterocycles. The van der Waals surface area contributed by atoms with Gasteiger partial charge in [0.15, 0.2) is 5.16 Å². The van der Waals surface area contributed by atoms with Crippen molar-refractivity contribution in [3.8, 4) is 5.69 Å². The van der Waals surface area contributed by atoms with E-state index in [0.29, 0.717) is 16.3 Å². The summed E-state index contributed by atoms with van der Waals surface area (Å²) in [6.45, 7) is 8.17. The van der Waals surface area contributed by atoms with Crippen LogP contribution in [0.3, 0.4) is 0 Å². The van der Waals surface area contributed by atoms with Crippen LogP contribution in [-0.4, -0.2) is 21.2 Å². The van der Waals surface area contributed by atoms with Crippen molar-refractivity contribution in [1.29, 1.82) is 0 Å². The molecule has 2 N–H and O–H groups in total. The molecule has 2 heterocycles. The van der Waals surface area contributed by atoms with E-state index in [9.17, 15) is 9.59 Å². The molecule has 0 unspecified atom stereocenters. The molecule has 27 heavy (non-hydrogen) atoms. The summed E-state index contributed by atoms with van der Waals surface area (Å²) in [4.78, 5) is 31.2. The van der Waals surface area contributed by atoms with Gasteiger partial charge in [-0.15, -0.1) is 11.3 Å². The number of hydrogen-bond donors (Lipinski definition) is 1. The number of amides is 1. The minimum absolute atomic E-state index is 0.0500. The first-order valence-corrected chi connectivity index (χ1v) is 10.7. The minimum atomic E-state index is -0.358. The monoisotopic (exact) mass is 401 g/mol. The maximum atomic E-state index is 13.5. The number of aromatic nitrogens is 2. The second-order valence-electron chi connectivity index (χ2n) is 6.54. The fraction of sp³-hybridized carbons (Fsp3) is 0.350. The van der Waals surface area contributed by atoms with Gasteiger partial charge in [-0.05, 0) is 56.0 Å². The molecule has 0 aliphatic heterocycles. The van der Waals surface area contributed by atoms with E-state index >= 15 is 0 Å². The van der Waals surface area contributed by atoms with Crippen molar-refractivity contribution >= 4 is 39.2 Å². The number of thiophene rings is 1. The average molecular weight is 402 g/mol. The van der Waals surface area contributed by atoms with E-state index in [4.69, 9.17) is 10.7 Å². The van der Waals surface area contributed by atoms with Gasteiger partial charge in [0.1, 0.15) is 4.83 Å². The fourth-order valence-corrected chi connectivity index (χ4v) is 5.18. The lowest BCUT2D eigenvalue weighted by Crippen LogP contribution is -2.22. The molecule has 0 aliphatic rings. The number of benzene rings is 1. The Morgan fingerprint density at radius 3 is 2.63 bits per heavy atom. The van der Waals surface area contributed by atoms with Crippen LogP contribution in [0.1, 0.15) is 34.9 Å². The van der Waals surface area contributed by atoms with Gasteiger partial charge in [-0.25, -0.2) is 4.98 Å². The molecular weight excluding hydrogens is 378 g/mol. The van der Waals surface area contributed by atoms with E-state index in [1.165, 1.54) is 17.3 Å². The second kappa shape index (κ2) is 7.86. The lowest BCUT2D eigenvalue weighted by Gasteiger charge is -2.13. The molecule has 1 amide bonds. The molecule has 0 spiro atoms. The summed E-state index contributed by atoms with van der Waals surface area (Å²) >= 11 is 2.94. The van der Waals surface area contributed by atoms with Gasteiger partial charge in [-0.1, -0.05) is 24.8 Å². The van der Waals surface area contributed by atoms with E-state index in [2.05, 4.69) is 6.92 Å². The van der Waals surface area contributed by atoms with E-state index in [1.54, 1.807) is 15.9 Å². The van der Waals surface area contributed by atoms with Crippen LogP contribution in [-0.2, 0) is 11.2 Å². The zero-order valence-corrected chi connectivity index (χ0v) is 17.6. The van der Waals surface area contributed by atoms with E-state index in [1.807, 2.05) is 39.0 Å². The number of aryl methyl sites for hydroxylation is 4. The number of carbonyl (C=O) groups excluding carboxylic acids is 1. The van der Waals surface area contributed by atoms with Crippen molar-refractivity contribution in [3.05, 3.63) is 50.1 Å². The number of rotatable bonds is 6. The van der Waals surface area contributed by atoms with Gasteiger partial charge in [-0.2, -0.15) is 0 Å². The topological polar surface area (TPSA) is 78.0 Å². The summed E-state index contributed by atoms with van der Waals surface area (Å²) < 4.78 is 1.67. The van der Waals surface area contributed by atoms with Crippen molar-refractivity contribution < 1.29 is 4.79 Å².